The molecule has 1 saturated heterocycles. The summed E-state index contributed by atoms with van der Waals surface area (Å²) >= 11 is 1.59. The number of fused-ring (bicyclic) bond motifs is 1. The van der Waals surface area contributed by atoms with E-state index in [2.05, 4.69) is 10.3 Å². The zero-order valence-electron chi connectivity index (χ0n) is 15.5. The number of nitrogens with one attached hydrogen (secondary N) is 1. The first kappa shape index (κ1) is 21.2. The second-order valence-corrected chi connectivity index (χ2v) is 10.6. The lowest BCUT2D eigenvalue weighted by atomic mass is 10.2. The van der Waals surface area contributed by atoms with Crippen molar-refractivity contribution in [2.45, 2.75) is 28.4 Å². The smallest absolute Gasteiger partial charge is 0.288 e. The third-order valence-corrected chi connectivity index (χ3v) is 8.18. The molecule has 0 radical (unpaired) electrons. The molecule has 0 unspecified atom stereocenters. The summed E-state index contributed by atoms with van der Waals surface area (Å²) in [7, 11) is -3.53. The third-order valence-electron chi connectivity index (χ3n) is 4.62. The number of thioether (sulfide) groups is 1. The number of amides is 1. The molecule has 0 saturated carbocycles. The first-order chi connectivity index (χ1) is 14.3. The summed E-state index contributed by atoms with van der Waals surface area (Å²) in [6.07, 6.45) is 1.72. The van der Waals surface area contributed by atoms with Crippen LogP contribution in [0.5, 0.6) is 0 Å². The number of carbonyl (C=O) groups is 1. The van der Waals surface area contributed by atoms with Gasteiger partial charge in [-0.25, -0.2) is 13.4 Å². The summed E-state index contributed by atoms with van der Waals surface area (Å²) in [6.45, 7) is 1.05. The maximum atomic E-state index is 12.7. The van der Waals surface area contributed by atoms with Crippen molar-refractivity contribution in [2.75, 3.05) is 18.4 Å². The highest BCUT2D eigenvalue weighted by atomic mass is 32.2. The van der Waals surface area contributed by atoms with Crippen LogP contribution in [-0.2, 0) is 10.0 Å². The van der Waals surface area contributed by atoms with Gasteiger partial charge in [0.05, 0.1) is 15.1 Å². The van der Waals surface area contributed by atoms with Gasteiger partial charge in [-0.3, -0.25) is 10.1 Å². The van der Waals surface area contributed by atoms with E-state index in [9.17, 15) is 22.0 Å². The van der Waals surface area contributed by atoms with Crippen molar-refractivity contribution in [1.82, 2.24) is 9.29 Å². The molecular weight excluding hydrogens is 452 g/mol. The molecule has 0 bridgehead atoms. The fraction of sp³-hybridized carbons (Fsp3) is 0.263. The standard InChI is InChI=1S/C19H17F2N3O3S3/c20-18(21)28-13-5-3-12(4-6-13)17(25)23-19-22-15-8-7-14(11-16(15)29-19)30(26,27)24-9-1-2-10-24/h3-8,11,18H,1-2,9-10H2,(H,22,23,25). The maximum Gasteiger partial charge on any atom is 0.288 e. The Morgan fingerprint density at radius 2 is 1.83 bits per heavy atom. The van der Waals surface area contributed by atoms with Crippen molar-refractivity contribution >= 4 is 54.4 Å². The van der Waals surface area contributed by atoms with Crippen LogP contribution in [0.1, 0.15) is 23.2 Å². The SMILES string of the molecule is O=C(Nc1nc2ccc(S(=O)(=O)N3CCCC3)cc2s1)c1ccc(SC(F)F)cc1. The molecule has 11 heteroatoms. The summed E-state index contributed by atoms with van der Waals surface area (Å²) in [5, 5.41) is 3.01. The fourth-order valence-electron chi connectivity index (χ4n) is 3.15. The number of thiazole rings is 1. The van der Waals surface area contributed by atoms with Gasteiger partial charge in [-0.05, 0) is 55.3 Å². The lowest BCUT2D eigenvalue weighted by Crippen LogP contribution is -2.27. The molecule has 0 aliphatic carbocycles. The van der Waals surface area contributed by atoms with E-state index < -0.39 is 21.7 Å². The first-order valence-corrected chi connectivity index (χ1v) is 12.2. The Hall–Kier alpha value is -2.08. The monoisotopic (exact) mass is 469 g/mol. The topological polar surface area (TPSA) is 79.4 Å². The number of alkyl halides is 2. The first-order valence-electron chi connectivity index (χ1n) is 9.10. The molecule has 3 aromatic rings. The lowest BCUT2D eigenvalue weighted by Gasteiger charge is -2.15. The van der Waals surface area contributed by atoms with Crippen LogP contribution in [0.25, 0.3) is 10.2 Å². The van der Waals surface area contributed by atoms with Gasteiger partial charge in [0.25, 0.3) is 11.7 Å². The van der Waals surface area contributed by atoms with E-state index >= 15 is 0 Å². The summed E-state index contributed by atoms with van der Waals surface area (Å²) in [5.41, 5.74) is 0.893. The van der Waals surface area contributed by atoms with Gasteiger partial charge in [-0.2, -0.15) is 13.1 Å². The highest BCUT2D eigenvalue weighted by Crippen LogP contribution is 2.31. The summed E-state index contributed by atoms with van der Waals surface area (Å²) in [5.74, 6) is -2.95. The Bertz CT molecular complexity index is 1170. The number of nitrogens with zero attached hydrogens (tertiary/aromatic N) is 2. The van der Waals surface area contributed by atoms with Gasteiger partial charge in [0.1, 0.15) is 0 Å². The van der Waals surface area contributed by atoms with Crippen molar-refractivity contribution in [1.29, 1.82) is 0 Å². The minimum atomic E-state index is -3.53. The number of rotatable bonds is 6. The molecule has 158 valence electrons. The van der Waals surface area contributed by atoms with E-state index in [1.165, 1.54) is 46.0 Å². The van der Waals surface area contributed by atoms with Gasteiger partial charge < -0.3 is 0 Å². The average molecular weight is 470 g/mol. The highest BCUT2D eigenvalue weighted by molar-refractivity contribution is 7.99. The largest absolute Gasteiger partial charge is 0.298 e. The van der Waals surface area contributed by atoms with E-state index in [0.717, 1.165) is 12.8 Å². The molecule has 1 amide bonds. The van der Waals surface area contributed by atoms with Crippen LogP contribution in [0.4, 0.5) is 13.9 Å². The van der Waals surface area contributed by atoms with Crippen molar-refractivity contribution in [2.24, 2.45) is 0 Å². The van der Waals surface area contributed by atoms with E-state index in [4.69, 9.17) is 0 Å². The van der Waals surface area contributed by atoms with E-state index in [0.29, 0.717) is 50.7 Å². The van der Waals surface area contributed by atoms with Gasteiger partial charge in [-0.1, -0.05) is 23.1 Å². The number of sulfonamides is 1. The van der Waals surface area contributed by atoms with Crippen LogP contribution >= 0.6 is 23.1 Å². The molecule has 30 heavy (non-hydrogen) atoms. The quantitative estimate of drug-likeness (QED) is 0.532. The average Bonchev–Trinajstić information content (AvgIpc) is 3.37. The van der Waals surface area contributed by atoms with Gasteiger partial charge in [0.15, 0.2) is 5.13 Å². The van der Waals surface area contributed by atoms with Gasteiger partial charge in [-0.15, -0.1) is 0 Å². The Balaban J connectivity index is 1.51. The highest BCUT2D eigenvalue weighted by Gasteiger charge is 2.27. The van der Waals surface area contributed by atoms with Crippen LogP contribution in [0.2, 0.25) is 0 Å². The second-order valence-electron chi connectivity index (χ2n) is 6.62. The van der Waals surface area contributed by atoms with Crippen molar-refractivity contribution < 1.29 is 22.0 Å². The molecule has 2 heterocycles. The number of halogens is 2. The fourth-order valence-corrected chi connectivity index (χ4v) is 6.17. The number of carbonyl (C=O) groups excluding carboxylic acids is 1. The molecule has 1 fully saturated rings. The number of benzene rings is 2. The molecule has 1 N–H and O–H groups in total. The number of aromatic nitrogens is 1. The predicted molar refractivity (Wildman–Crippen MR) is 114 cm³/mol. The van der Waals surface area contributed by atoms with Gasteiger partial charge >= 0.3 is 0 Å². The molecule has 6 nitrogen and oxygen atoms in total. The summed E-state index contributed by atoms with van der Waals surface area (Å²) < 4.78 is 52.4. The summed E-state index contributed by atoms with van der Waals surface area (Å²) in [6, 6.07) is 10.6. The molecule has 0 spiro atoms. The third kappa shape index (κ3) is 4.48. The molecule has 0 atom stereocenters. The maximum absolute atomic E-state index is 12.7. The normalized spacial score (nSPS) is 15.2. The van der Waals surface area contributed by atoms with Crippen LogP contribution in [-0.4, -0.2) is 42.5 Å². The zero-order chi connectivity index (χ0) is 21.3. The van der Waals surface area contributed by atoms with Crippen LogP contribution < -0.4 is 5.32 Å². The minimum absolute atomic E-state index is 0.213. The molecule has 1 aliphatic rings. The Morgan fingerprint density at radius 3 is 2.50 bits per heavy atom. The molecule has 2 aromatic carbocycles. The number of hydrogen-bond acceptors (Lipinski definition) is 6. The molecular formula is C19H17F2N3O3S3. The van der Waals surface area contributed by atoms with E-state index in [1.54, 1.807) is 12.1 Å². The molecule has 1 aromatic heterocycles. The Morgan fingerprint density at radius 1 is 1.13 bits per heavy atom. The number of anilines is 1. The van der Waals surface area contributed by atoms with Crippen molar-refractivity contribution in [3.05, 3.63) is 48.0 Å². The van der Waals surface area contributed by atoms with E-state index in [1.807, 2.05) is 0 Å². The molecule has 1 aliphatic heterocycles. The van der Waals surface area contributed by atoms with E-state index in [-0.39, 0.29) is 4.90 Å². The van der Waals surface area contributed by atoms with Crippen LogP contribution in [0, 0.1) is 0 Å². The number of hydrogen-bond donors (Lipinski definition) is 1. The Labute approximate surface area is 180 Å². The van der Waals surface area contributed by atoms with Gasteiger partial charge in [0.2, 0.25) is 10.0 Å². The Kier molecular flexibility index (Phi) is 6.05. The zero-order valence-corrected chi connectivity index (χ0v) is 18.0. The van der Waals surface area contributed by atoms with Crippen LogP contribution in [0.3, 0.4) is 0 Å². The van der Waals surface area contributed by atoms with Crippen molar-refractivity contribution in [3.63, 3.8) is 0 Å². The summed E-state index contributed by atoms with van der Waals surface area (Å²) in [4.78, 5) is 17.3. The molecule has 4 rings (SSSR count). The lowest BCUT2D eigenvalue weighted by molar-refractivity contribution is 0.102. The van der Waals surface area contributed by atoms with Gasteiger partial charge in [0, 0.05) is 23.5 Å². The van der Waals surface area contributed by atoms with Crippen molar-refractivity contribution in [3.8, 4) is 0 Å². The predicted octanol–water partition coefficient (Wildman–Crippen LogP) is 4.65. The van der Waals surface area contributed by atoms with Crippen LogP contribution in [0.15, 0.2) is 52.3 Å². The minimum Gasteiger partial charge on any atom is -0.298 e. The second kappa shape index (κ2) is 8.58.